The molecule has 1 aliphatic carbocycles. The van der Waals surface area contributed by atoms with Gasteiger partial charge in [0.05, 0.1) is 0 Å². The number of nitrogens with two attached hydrogens (primary N) is 1. The van der Waals surface area contributed by atoms with Crippen LogP contribution in [0.1, 0.15) is 22.9 Å². The van der Waals surface area contributed by atoms with Crippen molar-refractivity contribution in [2.45, 2.75) is 25.8 Å². The molecule has 4 nitrogen and oxygen atoms in total. The van der Waals surface area contributed by atoms with Crippen molar-refractivity contribution in [3.8, 4) is 0 Å². The number of anilines is 1. The van der Waals surface area contributed by atoms with Gasteiger partial charge in [0.2, 0.25) is 5.95 Å². The maximum Gasteiger partial charge on any atom is 0.202 e. The number of rotatable bonds is 1. The summed E-state index contributed by atoms with van der Waals surface area (Å²) in [5.41, 5.74) is 11.7. The molecule has 0 radical (unpaired) electrons. The highest BCUT2D eigenvalue weighted by atomic mass is 15.2. The maximum absolute atomic E-state index is 6.13. The fourth-order valence-electron chi connectivity index (χ4n) is 3.16. The number of aromatic nitrogens is 3. The molecule has 3 aromatic rings. The smallest absolute Gasteiger partial charge is 0.202 e. The van der Waals surface area contributed by atoms with Gasteiger partial charge in [-0.05, 0) is 43.0 Å². The van der Waals surface area contributed by atoms with Gasteiger partial charge in [0.15, 0.2) is 5.65 Å². The van der Waals surface area contributed by atoms with E-state index >= 15 is 0 Å². The normalized spacial score (nSPS) is 14.8. The summed E-state index contributed by atoms with van der Waals surface area (Å²) < 4.78 is 2.10. The first-order valence-corrected chi connectivity index (χ1v) is 6.90. The van der Waals surface area contributed by atoms with Crippen molar-refractivity contribution in [1.29, 1.82) is 0 Å². The van der Waals surface area contributed by atoms with Gasteiger partial charge in [-0.15, -0.1) is 0 Å². The lowest BCUT2D eigenvalue weighted by Gasteiger charge is -2.13. The molecule has 1 aromatic carbocycles. The van der Waals surface area contributed by atoms with Crippen LogP contribution in [0.15, 0.2) is 36.4 Å². The van der Waals surface area contributed by atoms with Crippen molar-refractivity contribution in [1.82, 2.24) is 14.5 Å². The Morgan fingerprint density at radius 1 is 1.05 bits per heavy atom. The zero-order chi connectivity index (χ0) is 13.7. The second-order valence-corrected chi connectivity index (χ2v) is 5.47. The van der Waals surface area contributed by atoms with Gasteiger partial charge in [0.25, 0.3) is 0 Å². The van der Waals surface area contributed by atoms with Crippen molar-refractivity contribution in [2.24, 2.45) is 0 Å². The number of hydrogen-bond acceptors (Lipinski definition) is 3. The fraction of sp³-hybridized carbons (Fsp3) is 0.250. The van der Waals surface area contributed by atoms with Crippen LogP contribution in [-0.4, -0.2) is 14.5 Å². The van der Waals surface area contributed by atoms with E-state index in [-0.39, 0.29) is 0 Å². The van der Waals surface area contributed by atoms with Crippen molar-refractivity contribution < 1.29 is 0 Å². The summed E-state index contributed by atoms with van der Waals surface area (Å²) in [6.07, 6.45) is 2.00. The number of nitrogen functional groups attached to an aromatic ring is 1. The van der Waals surface area contributed by atoms with E-state index in [0.717, 1.165) is 29.7 Å². The standard InChI is InChI=1S/C16H16N4/c1-10-6-7-14-15(18-10)20(16(17)19-14)13-8-11-4-2-3-5-12(11)9-13/h2-7,13H,8-9H2,1H3,(H2,17,19). The van der Waals surface area contributed by atoms with Gasteiger partial charge in [0, 0.05) is 11.7 Å². The molecule has 4 heteroatoms. The van der Waals surface area contributed by atoms with Gasteiger partial charge < -0.3 is 5.73 Å². The van der Waals surface area contributed by atoms with Crippen LogP contribution in [0, 0.1) is 6.92 Å². The second-order valence-electron chi connectivity index (χ2n) is 5.47. The third kappa shape index (κ3) is 1.61. The molecule has 0 saturated carbocycles. The number of aryl methyl sites for hydroxylation is 1. The van der Waals surface area contributed by atoms with E-state index < -0.39 is 0 Å². The van der Waals surface area contributed by atoms with Gasteiger partial charge in [-0.2, -0.15) is 0 Å². The molecule has 0 fully saturated rings. The lowest BCUT2D eigenvalue weighted by Crippen LogP contribution is -2.12. The van der Waals surface area contributed by atoms with Crippen LogP contribution in [0.3, 0.4) is 0 Å². The van der Waals surface area contributed by atoms with Gasteiger partial charge in [-0.25, -0.2) is 9.97 Å². The van der Waals surface area contributed by atoms with Gasteiger partial charge in [0.1, 0.15) is 5.52 Å². The highest BCUT2D eigenvalue weighted by Crippen LogP contribution is 2.33. The summed E-state index contributed by atoms with van der Waals surface area (Å²) in [5, 5.41) is 0. The van der Waals surface area contributed by atoms with Gasteiger partial charge >= 0.3 is 0 Å². The number of nitrogens with zero attached hydrogens (tertiary/aromatic N) is 3. The molecule has 2 heterocycles. The predicted molar refractivity (Wildman–Crippen MR) is 79.6 cm³/mol. The van der Waals surface area contributed by atoms with E-state index in [4.69, 9.17) is 5.73 Å². The molecular formula is C16H16N4. The first-order valence-electron chi connectivity index (χ1n) is 6.90. The molecule has 0 spiro atoms. The minimum absolute atomic E-state index is 0.326. The Bertz CT molecular complexity index is 778. The van der Waals surface area contributed by atoms with Crippen molar-refractivity contribution in [3.63, 3.8) is 0 Å². The Balaban J connectivity index is 1.84. The highest BCUT2D eigenvalue weighted by Gasteiger charge is 2.26. The van der Waals surface area contributed by atoms with Crippen LogP contribution >= 0.6 is 0 Å². The number of benzene rings is 1. The predicted octanol–water partition coefficient (Wildman–Crippen LogP) is 2.66. The molecule has 2 aromatic heterocycles. The van der Waals surface area contributed by atoms with Crippen LogP contribution in [0.4, 0.5) is 5.95 Å². The van der Waals surface area contributed by atoms with E-state index in [1.54, 1.807) is 0 Å². The fourth-order valence-corrected chi connectivity index (χ4v) is 3.16. The lowest BCUT2D eigenvalue weighted by atomic mass is 10.1. The molecule has 1 aliphatic rings. The van der Waals surface area contributed by atoms with Crippen LogP contribution in [0.25, 0.3) is 11.2 Å². The summed E-state index contributed by atoms with van der Waals surface area (Å²) in [4.78, 5) is 9.06. The molecule has 0 amide bonds. The monoisotopic (exact) mass is 264 g/mol. The van der Waals surface area contributed by atoms with Crippen molar-refractivity contribution >= 4 is 17.1 Å². The maximum atomic E-state index is 6.13. The number of hydrogen-bond donors (Lipinski definition) is 1. The molecule has 0 atom stereocenters. The molecular weight excluding hydrogens is 248 g/mol. The lowest BCUT2D eigenvalue weighted by molar-refractivity contribution is 0.547. The minimum atomic E-state index is 0.326. The van der Waals surface area contributed by atoms with Crippen LogP contribution in [0.5, 0.6) is 0 Å². The first kappa shape index (κ1) is 11.5. The van der Waals surface area contributed by atoms with E-state index in [9.17, 15) is 0 Å². The molecule has 20 heavy (non-hydrogen) atoms. The minimum Gasteiger partial charge on any atom is -0.369 e. The summed E-state index contributed by atoms with van der Waals surface area (Å²) in [7, 11) is 0. The summed E-state index contributed by atoms with van der Waals surface area (Å²) >= 11 is 0. The van der Waals surface area contributed by atoms with Crippen LogP contribution < -0.4 is 5.73 Å². The molecule has 0 saturated heterocycles. The van der Waals surface area contributed by atoms with Gasteiger partial charge in [-0.3, -0.25) is 4.57 Å². The number of pyridine rings is 1. The van der Waals surface area contributed by atoms with Gasteiger partial charge in [-0.1, -0.05) is 24.3 Å². The third-order valence-electron chi connectivity index (χ3n) is 4.10. The van der Waals surface area contributed by atoms with Crippen molar-refractivity contribution in [2.75, 3.05) is 5.73 Å². The van der Waals surface area contributed by atoms with Crippen LogP contribution in [-0.2, 0) is 12.8 Å². The van der Waals surface area contributed by atoms with Crippen LogP contribution in [0.2, 0.25) is 0 Å². The largest absolute Gasteiger partial charge is 0.369 e. The van der Waals surface area contributed by atoms with E-state index in [0.29, 0.717) is 12.0 Å². The quantitative estimate of drug-likeness (QED) is 0.735. The Kier molecular flexibility index (Phi) is 2.33. The zero-order valence-electron chi connectivity index (χ0n) is 11.4. The van der Waals surface area contributed by atoms with E-state index in [1.807, 2.05) is 19.1 Å². The third-order valence-corrected chi connectivity index (χ3v) is 4.10. The molecule has 0 unspecified atom stereocenters. The Labute approximate surface area is 117 Å². The Morgan fingerprint density at radius 2 is 1.75 bits per heavy atom. The molecule has 4 rings (SSSR count). The molecule has 2 N–H and O–H groups in total. The topological polar surface area (TPSA) is 56.7 Å². The summed E-state index contributed by atoms with van der Waals surface area (Å²) in [6, 6.07) is 12.9. The molecule has 100 valence electrons. The SMILES string of the molecule is Cc1ccc2nc(N)n(C3Cc4ccccc4C3)c2n1. The summed E-state index contributed by atoms with van der Waals surface area (Å²) in [6.45, 7) is 2.00. The first-order chi connectivity index (χ1) is 9.72. The van der Waals surface area contributed by atoms with E-state index in [1.165, 1.54) is 11.1 Å². The Hall–Kier alpha value is -2.36. The summed E-state index contributed by atoms with van der Waals surface area (Å²) in [5.74, 6) is 0.566. The van der Waals surface area contributed by atoms with Crippen molar-refractivity contribution in [3.05, 3.63) is 53.2 Å². The second kappa shape index (κ2) is 4.07. The number of imidazole rings is 1. The highest BCUT2D eigenvalue weighted by molar-refractivity contribution is 5.74. The number of fused-ring (bicyclic) bond motifs is 2. The molecule has 0 aliphatic heterocycles. The average Bonchev–Trinajstić information content (AvgIpc) is 2.97. The zero-order valence-corrected chi connectivity index (χ0v) is 11.4. The Morgan fingerprint density at radius 3 is 2.45 bits per heavy atom. The molecule has 0 bridgehead atoms. The van der Waals surface area contributed by atoms with E-state index in [2.05, 4.69) is 38.8 Å². The average molecular weight is 264 g/mol.